The molecule has 1 aromatic carbocycles. The highest BCUT2D eigenvalue weighted by Gasteiger charge is 2.05. The zero-order chi connectivity index (χ0) is 12.8. The van der Waals surface area contributed by atoms with Gasteiger partial charge in [0.1, 0.15) is 0 Å². The van der Waals surface area contributed by atoms with Gasteiger partial charge < -0.3 is 16.4 Å². The molecule has 0 radical (unpaired) electrons. The number of amides is 2. The average molecular weight is 235 g/mol. The van der Waals surface area contributed by atoms with Crippen molar-refractivity contribution < 1.29 is 9.59 Å². The van der Waals surface area contributed by atoms with Gasteiger partial charge in [-0.25, -0.2) is 0 Å². The molecule has 5 nitrogen and oxygen atoms in total. The number of carbonyl (C=O) groups excluding carboxylic acids is 2. The molecule has 0 fully saturated rings. The molecule has 5 heteroatoms. The van der Waals surface area contributed by atoms with E-state index < -0.39 is 0 Å². The molecule has 0 saturated carbocycles. The molecule has 1 aromatic rings. The van der Waals surface area contributed by atoms with Gasteiger partial charge in [0.2, 0.25) is 5.91 Å². The second-order valence-corrected chi connectivity index (χ2v) is 3.87. The maximum absolute atomic E-state index is 11.7. The SMILES string of the molecule is CC(=O)NCCNC(=O)c1cc(C)cc(N)c1. The first kappa shape index (κ1) is 13.0. The Balaban J connectivity index is 2.49. The number of carbonyl (C=O) groups is 2. The minimum atomic E-state index is -0.189. The summed E-state index contributed by atoms with van der Waals surface area (Å²) in [6.07, 6.45) is 0. The zero-order valence-electron chi connectivity index (χ0n) is 10.0. The van der Waals surface area contributed by atoms with Crippen molar-refractivity contribution in [1.29, 1.82) is 0 Å². The molecule has 0 heterocycles. The van der Waals surface area contributed by atoms with Crippen molar-refractivity contribution in [3.8, 4) is 0 Å². The molecule has 0 aliphatic heterocycles. The number of benzene rings is 1. The van der Waals surface area contributed by atoms with Gasteiger partial charge in [0.25, 0.3) is 5.91 Å². The van der Waals surface area contributed by atoms with Gasteiger partial charge in [0.05, 0.1) is 0 Å². The predicted octanol–water partition coefficient (Wildman–Crippen LogP) is 0.443. The van der Waals surface area contributed by atoms with E-state index in [1.165, 1.54) is 6.92 Å². The summed E-state index contributed by atoms with van der Waals surface area (Å²) in [5.74, 6) is -0.301. The Labute approximate surface area is 100 Å². The van der Waals surface area contributed by atoms with Crippen LogP contribution in [-0.4, -0.2) is 24.9 Å². The second kappa shape index (κ2) is 5.89. The molecule has 17 heavy (non-hydrogen) atoms. The van der Waals surface area contributed by atoms with E-state index in [-0.39, 0.29) is 11.8 Å². The van der Waals surface area contributed by atoms with Crippen molar-refractivity contribution >= 4 is 17.5 Å². The van der Waals surface area contributed by atoms with Crippen LogP contribution in [0.4, 0.5) is 5.69 Å². The van der Waals surface area contributed by atoms with Crippen LogP contribution in [0.5, 0.6) is 0 Å². The van der Waals surface area contributed by atoms with Crippen LogP contribution in [0.25, 0.3) is 0 Å². The standard InChI is InChI=1S/C12H17N3O2/c1-8-5-10(7-11(13)6-8)12(17)15-4-3-14-9(2)16/h5-7H,3-4,13H2,1-2H3,(H,14,16)(H,15,17). The van der Waals surface area contributed by atoms with E-state index in [2.05, 4.69) is 10.6 Å². The highest BCUT2D eigenvalue weighted by molar-refractivity contribution is 5.95. The molecular weight excluding hydrogens is 218 g/mol. The molecular formula is C12H17N3O2. The number of nitrogens with one attached hydrogen (secondary N) is 2. The first-order valence-electron chi connectivity index (χ1n) is 5.39. The fourth-order valence-corrected chi connectivity index (χ4v) is 1.46. The van der Waals surface area contributed by atoms with E-state index >= 15 is 0 Å². The van der Waals surface area contributed by atoms with E-state index in [1.54, 1.807) is 18.2 Å². The van der Waals surface area contributed by atoms with Crippen molar-refractivity contribution in [3.63, 3.8) is 0 Å². The summed E-state index contributed by atoms with van der Waals surface area (Å²) < 4.78 is 0. The minimum absolute atomic E-state index is 0.112. The molecule has 0 atom stereocenters. The summed E-state index contributed by atoms with van der Waals surface area (Å²) in [4.78, 5) is 22.3. The molecule has 0 aliphatic carbocycles. The monoisotopic (exact) mass is 235 g/mol. The van der Waals surface area contributed by atoms with Gasteiger partial charge in [0.15, 0.2) is 0 Å². The summed E-state index contributed by atoms with van der Waals surface area (Å²) >= 11 is 0. The predicted molar refractivity (Wildman–Crippen MR) is 66.6 cm³/mol. The lowest BCUT2D eigenvalue weighted by Crippen LogP contribution is -2.33. The van der Waals surface area contributed by atoms with E-state index in [1.807, 2.05) is 6.92 Å². The molecule has 0 aliphatic rings. The van der Waals surface area contributed by atoms with Gasteiger partial charge in [0, 0.05) is 31.3 Å². The summed E-state index contributed by atoms with van der Waals surface area (Å²) in [5, 5.41) is 5.30. The Morgan fingerprint density at radius 2 is 1.82 bits per heavy atom. The fraction of sp³-hybridized carbons (Fsp3) is 0.333. The van der Waals surface area contributed by atoms with Crippen LogP contribution in [0.15, 0.2) is 18.2 Å². The van der Waals surface area contributed by atoms with Gasteiger partial charge in [-0.2, -0.15) is 0 Å². The molecule has 2 amide bonds. The average Bonchev–Trinajstić information content (AvgIpc) is 2.22. The normalized spacial score (nSPS) is 9.76. The highest BCUT2D eigenvalue weighted by atomic mass is 16.2. The number of aryl methyl sites for hydroxylation is 1. The van der Waals surface area contributed by atoms with Crippen molar-refractivity contribution in [1.82, 2.24) is 10.6 Å². The van der Waals surface area contributed by atoms with Gasteiger partial charge in [-0.15, -0.1) is 0 Å². The van der Waals surface area contributed by atoms with Gasteiger partial charge in [-0.05, 0) is 30.7 Å². The minimum Gasteiger partial charge on any atom is -0.399 e. The van der Waals surface area contributed by atoms with Gasteiger partial charge in [-0.3, -0.25) is 9.59 Å². The smallest absolute Gasteiger partial charge is 0.251 e. The van der Waals surface area contributed by atoms with E-state index in [0.717, 1.165) is 5.56 Å². The number of anilines is 1. The maximum Gasteiger partial charge on any atom is 0.251 e. The summed E-state index contributed by atoms with van der Waals surface area (Å²) in [7, 11) is 0. The number of nitrogen functional groups attached to an aromatic ring is 1. The molecule has 0 spiro atoms. The molecule has 92 valence electrons. The number of rotatable bonds is 4. The lowest BCUT2D eigenvalue weighted by atomic mass is 10.1. The van der Waals surface area contributed by atoms with E-state index in [9.17, 15) is 9.59 Å². The Morgan fingerprint density at radius 3 is 2.41 bits per heavy atom. The van der Waals surface area contributed by atoms with Crippen molar-refractivity contribution in [3.05, 3.63) is 29.3 Å². The highest BCUT2D eigenvalue weighted by Crippen LogP contribution is 2.10. The van der Waals surface area contributed by atoms with Crippen molar-refractivity contribution in [2.24, 2.45) is 0 Å². The number of nitrogens with two attached hydrogens (primary N) is 1. The molecule has 0 aromatic heterocycles. The first-order chi connectivity index (χ1) is 7.99. The largest absolute Gasteiger partial charge is 0.399 e. The van der Waals surface area contributed by atoms with Crippen LogP contribution < -0.4 is 16.4 Å². The summed E-state index contributed by atoms with van der Waals surface area (Å²) in [5.41, 5.74) is 7.70. The summed E-state index contributed by atoms with van der Waals surface area (Å²) in [6.45, 7) is 4.13. The van der Waals surface area contributed by atoms with Gasteiger partial charge >= 0.3 is 0 Å². The zero-order valence-corrected chi connectivity index (χ0v) is 10.0. The third kappa shape index (κ3) is 4.55. The fourth-order valence-electron chi connectivity index (χ4n) is 1.46. The summed E-state index contributed by atoms with van der Waals surface area (Å²) in [6, 6.07) is 5.19. The second-order valence-electron chi connectivity index (χ2n) is 3.87. The van der Waals surface area contributed by atoms with Crippen LogP contribution in [0.2, 0.25) is 0 Å². The Hall–Kier alpha value is -2.04. The van der Waals surface area contributed by atoms with Crippen LogP contribution in [0.3, 0.4) is 0 Å². The lowest BCUT2D eigenvalue weighted by Gasteiger charge is -2.07. The molecule has 0 bridgehead atoms. The van der Waals surface area contributed by atoms with Crippen molar-refractivity contribution in [2.45, 2.75) is 13.8 Å². The maximum atomic E-state index is 11.7. The number of hydrogen-bond donors (Lipinski definition) is 3. The Bertz CT molecular complexity index is 410. The van der Waals surface area contributed by atoms with Crippen LogP contribution >= 0.6 is 0 Å². The molecule has 1 rings (SSSR count). The van der Waals surface area contributed by atoms with Gasteiger partial charge in [-0.1, -0.05) is 0 Å². The van der Waals surface area contributed by atoms with Crippen LogP contribution in [-0.2, 0) is 4.79 Å². The molecule has 0 saturated heterocycles. The molecule has 0 unspecified atom stereocenters. The topological polar surface area (TPSA) is 84.2 Å². The number of hydrogen-bond acceptors (Lipinski definition) is 3. The van der Waals surface area contributed by atoms with E-state index in [0.29, 0.717) is 24.3 Å². The third-order valence-corrected chi connectivity index (χ3v) is 2.15. The van der Waals surface area contributed by atoms with Crippen LogP contribution in [0, 0.1) is 6.92 Å². The van der Waals surface area contributed by atoms with Crippen LogP contribution in [0.1, 0.15) is 22.8 Å². The first-order valence-corrected chi connectivity index (χ1v) is 5.39. The quantitative estimate of drug-likeness (QED) is 0.523. The lowest BCUT2D eigenvalue weighted by molar-refractivity contribution is -0.118. The Kier molecular flexibility index (Phi) is 4.51. The Morgan fingerprint density at radius 1 is 1.18 bits per heavy atom. The molecule has 4 N–H and O–H groups in total. The third-order valence-electron chi connectivity index (χ3n) is 2.15. The van der Waals surface area contributed by atoms with E-state index in [4.69, 9.17) is 5.73 Å². The van der Waals surface area contributed by atoms with Crippen molar-refractivity contribution in [2.75, 3.05) is 18.8 Å².